The molecule has 0 radical (unpaired) electrons. The smallest absolute Gasteiger partial charge is 0.354 e. The lowest BCUT2D eigenvalue weighted by Gasteiger charge is -2.04. The zero-order valence-corrected chi connectivity index (χ0v) is 9.34. The summed E-state index contributed by atoms with van der Waals surface area (Å²) in [7, 11) is 1.65. The third-order valence-corrected chi connectivity index (χ3v) is 2.93. The molecular weight excluding hydrogens is 200 g/mol. The van der Waals surface area contributed by atoms with E-state index in [-0.39, 0.29) is 5.69 Å². The molecule has 1 N–H and O–H groups in total. The molecule has 0 saturated heterocycles. The summed E-state index contributed by atoms with van der Waals surface area (Å²) >= 11 is 1.71. The molecule has 4 nitrogen and oxygen atoms in total. The molecule has 1 rings (SSSR count). The number of thioether (sulfide) groups is 1. The largest absolute Gasteiger partial charge is 0.477 e. The first-order chi connectivity index (χ1) is 6.52. The molecule has 1 aromatic rings. The fraction of sp³-hybridized carbons (Fsp3) is 0.556. The van der Waals surface area contributed by atoms with E-state index in [9.17, 15) is 4.79 Å². The number of aryl methyl sites for hydroxylation is 1. The summed E-state index contributed by atoms with van der Waals surface area (Å²) in [5.41, 5.74) is 1.08. The lowest BCUT2D eigenvalue weighted by atomic mass is 10.3. The molecule has 0 saturated carbocycles. The second kappa shape index (κ2) is 4.50. The Kier molecular flexibility index (Phi) is 3.57. The maximum absolute atomic E-state index is 10.9. The first-order valence-corrected chi connectivity index (χ1v) is 5.43. The average molecular weight is 214 g/mol. The van der Waals surface area contributed by atoms with Crippen molar-refractivity contribution in [3.05, 3.63) is 17.5 Å². The van der Waals surface area contributed by atoms with Gasteiger partial charge < -0.3 is 5.11 Å². The highest BCUT2D eigenvalue weighted by Crippen LogP contribution is 2.19. The topological polar surface area (TPSA) is 55.1 Å². The van der Waals surface area contributed by atoms with E-state index in [2.05, 4.69) is 18.9 Å². The lowest BCUT2D eigenvalue weighted by Crippen LogP contribution is -2.08. The third-order valence-electron chi connectivity index (χ3n) is 1.79. The maximum atomic E-state index is 10.9. The van der Waals surface area contributed by atoms with E-state index in [1.807, 2.05) is 0 Å². The third kappa shape index (κ3) is 2.51. The van der Waals surface area contributed by atoms with Gasteiger partial charge in [0, 0.05) is 18.4 Å². The van der Waals surface area contributed by atoms with Crippen LogP contribution in [0.3, 0.4) is 0 Å². The molecule has 0 unspecified atom stereocenters. The predicted octanol–water partition coefficient (Wildman–Crippen LogP) is 1.76. The lowest BCUT2D eigenvalue weighted by molar-refractivity contribution is 0.0684. The van der Waals surface area contributed by atoms with Crippen molar-refractivity contribution in [2.45, 2.75) is 24.9 Å². The first kappa shape index (κ1) is 11.1. The van der Waals surface area contributed by atoms with E-state index in [4.69, 9.17) is 5.11 Å². The summed E-state index contributed by atoms with van der Waals surface area (Å²) in [4.78, 5) is 10.9. The molecule has 1 heterocycles. The van der Waals surface area contributed by atoms with Crippen LogP contribution < -0.4 is 0 Å². The van der Waals surface area contributed by atoms with Crippen molar-refractivity contribution in [2.75, 3.05) is 0 Å². The summed E-state index contributed by atoms with van der Waals surface area (Å²) in [6, 6.07) is 0. The maximum Gasteiger partial charge on any atom is 0.354 e. The number of hydrogen-bond donors (Lipinski definition) is 1. The normalized spacial score (nSPS) is 10.9. The van der Waals surface area contributed by atoms with Gasteiger partial charge in [-0.05, 0) is 5.25 Å². The van der Waals surface area contributed by atoms with Crippen LogP contribution in [0.25, 0.3) is 0 Å². The quantitative estimate of drug-likeness (QED) is 0.829. The Labute approximate surface area is 87.3 Å². The van der Waals surface area contributed by atoms with Crippen molar-refractivity contribution in [1.29, 1.82) is 0 Å². The Morgan fingerprint density at radius 3 is 2.86 bits per heavy atom. The van der Waals surface area contributed by atoms with Gasteiger partial charge in [0.1, 0.15) is 5.69 Å². The first-order valence-electron chi connectivity index (χ1n) is 4.38. The second-order valence-electron chi connectivity index (χ2n) is 3.31. The van der Waals surface area contributed by atoms with E-state index in [1.165, 1.54) is 4.68 Å². The monoisotopic (exact) mass is 214 g/mol. The van der Waals surface area contributed by atoms with Crippen molar-refractivity contribution >= 4 is 17.7 Å². The van der Waals surface area contributed by atoms with Gasteiger partial charge in [0.2, 0.25) is 0 Å². The number of nitrogens with zero attached hydrogens (tertiary/aromatic N) is 2. The number of rotatable bonds is 4. The van der Waals surface area contributed by atoms with E-state index in [1.54, 1.807) is 25.0 Å². The van der Waals surface area contributed by atoms with E-state index in [0.717, 1.165) is 5.56 Å². The van der Waals surface area contributed by atoms with Gasteiger partial charge in [0.25, 0.3) is 0 Å². The highest BCUT2D eigenvalue weighted by Gasteiger charge is 2.15. The van der Waals surface area contributed by atoms with Gasteiger partial charge in [-0.25, -0.2) is 4.79 Å². The molecule has 1 aromatic heterocycles. The van der Waals surface area contributed by atoms with Crippen LogP contribution in [0, 0.1) is 0 Å². The van der Waals surface area contributed by atoms with E-state index in [0.29, 0.717) is 11.0 Å². The SMILES string of the molecule is CC(C)SCc1cnn(C)c1C(=O)O. The van der Waals surface area contributed by atoms with Crippen molar-refractivity contribution in [1.82, 2.24) is 9.78 Å². The molecule has 0 spiro atoms. The van der Waals surface area contributed by atoms with Crippen molar-refractivity contribution < 1.29 is 9.90 Å². The predicted molar refractivity (Wildman–Crippen MR) is 56.6 cm³/mol. The zero-order valence-electron chi connectivity index (χ0n) is 8.52. The molecule has 0 amide bonds. The van der Waals surface area contributed by atoms with Crippen LogP contribution in [-0.4, -0.2) is 26.1 Å². The fourth-order valence-electron chi connectivity index (χ4n) is 1.12. The number of aromatic carboxylic acids is 1. The number of carbonyl (C=O) groups is 1. The highest BCUT2D eigenvalue weighted by atomic mass is 32.2. The van der Waals surface area contributed by atoms with Crippen LogP contribution in [0.2, 0.25) is 0 Å². The standard InChI is InChI=1S/C9H14N2O2S/c1-6(2)14-5-7-4-10-11(3)8(7)9(12)13/h4,6H,5H2,1-3H3,(H,12,13). The molecule has 14 heavy (non-hydrogen) atoms. The summed E-state index contributed by atoms with van der Waals surface area (Å²) in [5, 5.41) is 13.4. The summed E-state index contributed by atoms with van der Waals surface area (Å²) in [5.74, 6) is -0.211. The van der Waals surface area contributed by atoms with Gasteiger partial charge in [-0.1, -0.05) is 13.8 Å². The molecule has 0 aliphatic heterocycles. The van der Waals surface area contributed by atoms with Crippen LogP contribution in [0.1, 0.15) is 29.9 Å². The Bertz CT molecular complexity index is 334. The number of hydrogen-bond acceptors (Lipinski definition) is 3. The molecule has 0 atom stereocenters. The summed E-state index contributed by atoms with van der Waals surface area (Å²) in [6.45, 7) is 4.17. The van der Waals surface area contributed by atoms with Crippen LogP contribution in [0.15, 0.2) is 6.20 Å². The molecule has 0 aromatic carbocycles. The molecule has 0 bridgehead atoms. The van der Waals surface area contributed by atoms with Gasteiger partial charge in [-0.15, -0.1) is 0 Å². The van der Waals surface area contributed by atoms with E-state index >= 15 is 0 Å². The van der Waals surface area contributed by atoms with Gasteiger partial charge in [-0.2, -0.15) is 16.9 Å². The van der Waals surface area contributed by atoms with Crippen molar-refractivity contribution in [2.24, 2.45) is 7.05 Å². The van der Waals surface area contributed by atoms with Crippen molar-refractivity contribution in [3.63, 3.8) is 0 Å². The number of carboxylic acids is 1. The molecule has 0 aliphatic rings. The molecule has 78 valence electrons. The minimum Gasteiger partial charge on any atom is -0.477 e. The molecular formula is C9H14N2O2S. The number of carboxylic acid groups (broad SMARTS) is 1. The minimum atomic E-state index is -0.913. The Morgan fingerprint density at radius 2 is 2.36 bits per heavy atom. The van der Waals surface area contributed by atoms with Crippen LogP contribution in [0.4, 0.5) is 0 Å². The Morgan fingerprint density at radius 1 is 1.71 bits per heavy atom. The van der Waals surface area contributed by atoms with Gasteiger partial charge in [0.05, 0.1) is 6.20 Å². The number of aromatic nitrogens is 2. The molecule has 5 heteroatoms. The Hall–Kier alpha value is -0.970. The molecule has 0 fully saturated rings. The van der Waals surface area contributed by atoms with Crippen LogP contribution >= 0.6 is 11.8 Å². The van der Waals surface area contributed by atoms with Crippen molar-refractivity contribution in [3.8, 4) is 0 Å². The van der Waals surface area contributed by atoms with Gasteiger partial charge in [0.15, 0.2) is 0 Å². The fourth-order valence-corrected chi connectivity index (χ4v) is 1.84. The van der Waals surface area contributed by atoms with Crippen LogP contribution in [0.5, 0.6) is 0 Å². The summed E-state index contributed by atoms with van der Waals surface area (Å²) < 4.78 is 1.40. The second-order valence-corrected chi connectivity index (χ2v) is 4.87. The van der Waals surface area contributed by atoms with Crippen LogP contribution in [-0.2, 0) is 12.8 Å². The summed E-state index contributed by atoms with van der Waals surface area (Å²) in [6.07, 6.45) is 1.62. The zero-order chi connectivity index (χ0) is 10.7. The highest BCUT2D eigenvalue weighted by molar-refractivity contribution is 7.99. The van der Waals surface area contributed by atoms with Gasteiger partial charge in [-0.3, -0.25) is 4.68 Å². The van der Waals surface area contributed by atoms with Gasteiger partial charge >= 0.3 is 5.97 Å². The minimum absolute atomic E-state index is 0.290. The average Bonchev–Trinajstić information content (AvgIpc) is 2.43. The Balaban J connectivity index is 2.81. The molecule has 0 aliphatic carbocycles. The van der Waals surface area contributed by atoms with E-state index < -0.39 is 5.97 Å².